The third-order valence-corrected chi connectivity index (χ3v) is 1.41. The van der Waals surface area contributed by atoms with Gasteiger partial charge in [0.2, 0.25) is 0 Å². The topological polar surface area (TPSA) is 40.0 Å². The summed E-state index contributed by atoms with van der Waals surface area (Å²) in [6.07, 6.45) is 7.84. The van der Waals surface area contributed by atoms with E-state index in [0.29, 0.717) is 0 Å². The van der Waals surface area contributed by atoms with Gasteiger partial charge in [-0.3, -0.25) is 0 Å². The molecule has 1 aliphatic rings. The molecular formula is C8H14N4. The molecule has 4 heteroatoms. The van der Waals surface area contributed by atoms with Gasteiger partial charge >= 0.3 is 0 Å². The second kappa shape index (κ2) is 4.54. The maximum Gasteiger partial charge on any atom is 0.255 e. The summed E-state index contributed by atoms with van der Waals surface area (Å²) in [5, 5.41) is 10.8. The van der Waals surface area contributed by atoms with Crippen LogP contribution in [0.25, 0.3) is 0 Å². The summed E-state index contributed by atoms with van der Waals surface area (Å²) >= 11 is 0. The molecule has 4 nitrogen and oxygen atoms in total. The Morgan fingerprint density at radius 2 is 2.08 bits per heavy atom. The minimum Gasteiger partial charge on any atom is -0.374 e. The van der Waals surface area contributed by atoms with E-state index in [-0.39, 0.29) is 6.29 Å². The highest BCUT2D eigenvalue weighted by molar-refractivity contribution is 4.86. The van der Waals surface area contributed by atoms with Crippen LogP contribution >= 0.6 is 0 Å². The van der Waals surface area contributed by atoms with E-state index in [1.54, 1.807) is 0 Å². The number of rotatable bonds is 5. The maximum atomic E-state index is 3.84. The fourth-order valence-electron chi connectivity index (χ4n) is 0.841. The van der Waals surface area contributed by atoms with Crippen molar-refractivity contribution < 1.29 is 0 Å². The van der Waals surface area contributed by atoms with Crippen LogP contribution < -0.4 is 5.32 Å². The molecule has 0 saturated carbocycles. The molecule has 0 saturated heterocycles. The Hall–Kier alpha value is -1.32. The molecule has 1 aliphatic heterocycles. The number of nitrogens with zero attached hydrogens (tertiary/aromatic N) is 3. The van der Waals surface area contributed by atoms with Gasteiger partial charge in [-0.2, -0.15) is 0 Å². The highest BCUT2D eigenvalue weighted by atomic mass is 15.6. The van der Waals surface area contributed by atoms with E-state index in [1.807, 2.05) is 43.3 Å². The summed E-state index contributed by atoms with van der Waals surface area (Å²) in [4.78, 5) is 2.01. The van der Waals surface area contributed by atoms with Gasteiger partial charge in [-0.15, -0.1) is 10.2 Å². The van der Waals surface area contributed by atoms with Crippen LogP contribution in [-0.4, -0.2) is 17.9 Å². The smallest absolute Gasteiger partial charge is 0.255 e. The van der Waals surface area contributed by atoms with Crippen molar-refractivity contribution in [1.82, 2.24) is 10.2 Å². The van der Waals surface area contributed by atoms with Crippen LogP contribution in [0.4, 0.5) is 0 Å². The van der Waals surface area contributed by atoms with E-state index in [1.165, 1.54) is 0 Å². The zero-order valence-electron chi connectivity index (χ0n) is 7.44. The molecule has 1 rings (SSSR count). The van der Waals surface area contributed by atoms with E-state index in [2.05, 4.69) is 15.5 Å². The fourth-order valence-corrected chi connectivity index (χ4v) is 0.841. The Bertz CT molecular complexity index is 201. The first-order valence-electron chi connectivity index (χ1n) is 4.01. The summed E-state index contributed by atoms with van der Waals surface area (Å²) in [7, 11) is 0. The lowest BCUT2D eigenvalue weighted by molar-refractivity contribution is 0.338. The molecule has 0 bridgehead atoms. The first-order chi connectivity index (χ1) is 5.88. The van der Waals surface area contributed by atoms with Crippen LogP contribution in [0, 0.1) is 0 Å². The number of hydrogen-bond acceptors (Lipinski definition) is 4. The molecule has 0 aromatic heterocycles. The largest absolute Gasteiger partial charge is 0.374 e. The van der Waals surface area contributed by atoms with E-state index in [9.17, 15) is 0 Å². The van der Waals surface area contributed by atoms with Crippen LogP contribution in [0.5, 0.6) is 0 Å². The first kappa shape index (κ1) is 8.77. The third kappa shape index (κ3) is 2.74. The predicted molar refractivity (Wildman–Crippen MR) is 48.1 cm³/mol. The van der Waals surface area contributed by atoms with Gasteiger partial charge in [0.25, 0.3) is 6.29 Å². The lowest BCUT2D eigenvalue weighted by Crippen LogP contribution is -2.29. The first-order valence-corrected chi connectivity index (χ1v) is 4.01. The van der Waals surface area contributed by atoms with Gasteiger partial charge in [-0.1, -0.05) is 12.2 Å². The van der Waals surface area contributed by atoms with Crippen molar-refractivity contribution in [1.29, 1.82) is 0 Å². The average Bonchev–Trinajstić information content (AvgIpc) is 2.86. The molecule has 0 radical (unpaired) electrons. The SMILES string of the molecule is C/C=C/NCN(/C=C/C)C1N=N1. The molecule has 0 aromatic rings. The lowest BCUT2D eigenvalue weighted by Gasteiger charge is -2.15. The molecule has 0 aromatic carbocycles. The molecule has 1 N–H and O–H groups in total. The van der Waals surface area contributed by atoms with Gasteiger partial charge in [0, 0.05) is 6.20 Å². The maximum absolute atomic E-state index is 3.84. The number of nitrogens with one attached hydrogen (secondary N) is 1. The van der Waals surface area contributed by atoms with Gasteiger partial charge in [0.05, 0.1) is 6.67 Å². The minimum absolute atomic E-state index is 0.0407. The normalized spacial score (nSPS) is 16.2. The van der Waals surface area contributed by atoms with Crippen molar-refractivity contribution >= 4 is 0 Å². The van der Waals surface area contributed by atoms with Crippen molar-refractivity contribution in [3.05, 3.63) is 24.6 Å². The molecule has 0 unspecified atom stereocenters. The average molecular weight is 166 g/mol. The van der Waals surface area contributed by atoms with Crippen LogP contribution in [0.3, 0.4) is 0 Å². The standard InChI is InChI=1S/C8H14N4/c1-3-5-9-7-12(6-4-2)8-10-11-8/h3-6,8-9H,7H2,1-2H3/b5-3+,6-4+. The van der Waals surface area contributed by atoms with Crippen LogP contribution in [-0.2, 0) is 0 Å². The zero-order chi connectivity index (χ0) is 8.81. The van der Waals surface area contributed by atoms with E-state index < -0.39 is 0 Å². The lowest BCUT2D eigenvalue weighted by atomic mass is 10.6. The second-order valence-corrected chi connectivity index (χ2v) is 2.44. The molecular weight excluding hydrogens is 152 g/mol. The van der Waals surface area contributed by atoms with Crippen molar-refractivity contribution in [2.24, 2.45) is 10.2 Å². The highest BCUT2D eigenvalue weighted by Crippen LogP contribution is 2.15. The molecule has 12 heavy (non-hydrogen) atoms. The molecule has 0 atom stereocenters. The van der Waals surface area contributed by atoms with Gasteiger partial charge in [-0.05, 0) is 20.0 Å². The van der Waals surface area contributed by atoms with Crippen molar-refractivity contribution in [2.75, 3.05) is 6.67 Å². The predicted octanol–water partition coefficient (Wildman–Crippen LogP) is 1.65. The van der Waals surface area contributed by atoms with Crippen LogP contribution in [0.1, 0.15) is 13.8 Å². The van der Waals surface area contributed by atoms with Crippen molar-refractivity contribution in [3.63, 3.8) is 0 Å². The summed E-state index contributed by atoms with van der Waals surface area (Å²) < 4.78 is 0. The van der Waals surface area contributed by atoms with E-state index in [0.717, 1.165) is 6.67 Å². The van der Waals surface area contributed by atoms with E-state index >= 15 is 0 Å². The van der Waals surface area contributed by atoms with E-state index in [4.69, 9.17) is 0 Å². The Balaban J connectivity index is 2.23. The summed E-state index contributed by atoms with van der Waals surface area (Å²) in [5.41, 5.74) is 0. The molecule has 1 heterocycles. The highest BCUT2D eigenvalue weighted by Gasteiger charge is 2.21. The Kier molecular flexibility index (Phi) is 3.32. The van der Waals surface area contributed by atoms with Crippen molar-refractivity contribution in [2.45, 2.75) is 20.1 Å². The number of hydrogen-bond donors (Lipinski definition) is 1. The summed E-state index contributed by atoms with van der Waals surface area (Å²) in [6.45, 7) is 4.69. The van der Waals surface area contributed by atoms with Crippen molar-refractivity contribution in [3.8, 4) is 0 Å². The van der Waals surface area contributed by atoms with Crippen LogP contribution in [0.15, 0.2) is 34.8 Å². The number of allylic oxidation sites excluding steroid dienone is 2. The van der Waals surface area contributed by atoms with Gasteiger partial charge in [0.15, 0.2) is 0 Å². The fraction of sp³-hybridized carbons (Fsp3) is 0.500. The van der Waals surface area contributed by atoms with Gasteiger partial charge in [-0.25, -0.2) is 0 Å². The van der Waals surface area contributed by atoms with Crippen LogP contribution in [0.2, 0.25) is 0 Å². The third-order valence-electron chi connectivity index (χ3n) is 1.41. The molecule has 0 spiro atoms. The Labute approximate surface area is 72.7 Å². The summed E-state index contributed by atoms with van der Waals surface area (Å²) in [6, 6.07) is 0. The monoisotopic (exact) mass is 166 g/mol. The zero-order valence-corrected chi connectivity index (χ0v) is 7.44. The Morgan fingerprint density at radius 1 is 1.33 bits per heavy atom. The molecule has 0 amide bonds. The second-order valence-electron chi connectivity index (χ2n) is 2.44. The molecule has 66 valence electrons. The summed E-state index contributed by atoms with van der Waals surface area (Å²) in [5.74, 6) is 0. The quantitative estimate of drug-likeness (QED) is 0.631. The molecule has 0 aliphatic carbocycles. The Morgan fingerprint density at radius 3 is 2.58 bits per heavy atom. The molecule has 0 fully saturated rings. The minimum atomic E-state index is 0.0407. The van der Waals surface area contributed by atoms with Gasteiger partial charge < -0.3 is 10.2 Å². The van der Waals surface area contributed by atoms with Gasteiger partial charge in [0.1, 0.15) is 0 Å².